The second-order valence-corrected chi connectivity index (χ2v) is 5.58. The molecule has 7 heteroatoms. The van der Waals surface area contributed by atoms with Crippen molar-refractivity contribution in [1.29, 1.82) is 0 Å². The standard InChI is InChI=1S/C13H14F3N3S/c1-8-4-3-5-10(6-8)9(2)7-17-12-19-18-11(20-12)13(14,15)16/h3-6,9H,7H2,1-2H3,(H,17,19). The molecule has 0 saturated carbocycles. The van der Waals surface area contributed by atoms with Crippen molar-refractivity contribution in [3.63, 3.8) is 0 Å². The molecule has 1 aromatic heterocycles. The van der Waals surface area contributed by atoms with Crippen LogP contribution in [0, 0.1) is 6.92 Å². The molecule has 2 aromatic rings. The summed E-state index contributed by atoms with van der Waals surface area (Å²) in [7, 11) is 0. The topological polar surface area (TPSA) is 37.8 Å². The van der Waals surface area contributed by atoms with Crippen molar-refractivity contribution in [2.24, 2.45) is 0 Å². The van der Waals surface area contributed by atoms with Gasteiger partial charge in [0.15, 0.2) is 0 Å². The maximum absolute atomic E-state index is 12.4. The lowest BCUT2D eigenvalue weighted by molar-refractivity contribution is -0.138. The summed E-state index contributed by atoms with van der Waals surface area (Å²) in [5.41, 5.74) is 2.29. The maximum Gasteiger partial charge on any atom is 0.445 e. The molecule has 1 heterocycles. The Labute approximate surface area is 118 Å². The van der Waals surface area contributed by atoms with E-state index in [4.69, 9.17) is 0 Å². The first-order valence-electron chi connectivity index (χ1n) is 6.07. The lowest BCUT2D eigenvalue weighted by Gasteiger charge is -2.12. The Bertz CT molecular complexity index is 580. The SMILES string of the molecule is Cc1cccc(C(C)CNc2nnc(C(F)(F)F)s2)c1. The number of aryl methyl sites for hydroxylation is 1. The van der Waals surface area contributed by atoms with Crippen LogP contribution in [0.25, 0.3) is 0 Å². The molecule has 0 saturated heterocycles. The Morgan fingerprint density at radius 2 is 2.05 bits per heavy atom. The van der Waals surface area contributed by atoms with E-state index in [0.717, 1.165) is 11.1 Å². The molecule has 0 aliphatic carbocycles. The van der Waals surface area contributed by atoms with Crippen molar-refractivity contribution in [3.8, 4) is 0 Å². The summed E-state index contributed by atoms with van der Waals surface area (Å²) in [5.74, 6) is 0.174. The number of nitrogens with one attached hydrogen (secondary N) is 1. The summed E-state index contributed by atoms with van der Waals surface area (Å²) in [5, 5.41) is 8.80. The first-order valence-corrected chi connectivity index (χ1v) is 6.89. The number of benzene rings is 1. The number of aromatic nitrogens is 2. The Hall–Kier alpha value is -1.63. The molecule has 1 aromatic carbocycles. The molecule has 108 valence electrons. The van der Waals surface area contributed by atoms with Gasteiger partial charge in [-0.05, 0) is 18.4 Å². The number of alkyl halides is 3. The normalized spacial score (nSPS) is 13.2. The zero-order valence-electron chi connectivity index (χ0n) is 11.0. The average Bonchev–Trinajstić information content (AvgIpc) is 2.84. The van der Waals surface area contributed by atoms with E-state index in [9.17, 15) is 13.2 Å². The fourth-order valence-electron chi connectivity index (χ4n) is 1.74. The van der Waals surface area contributed by atoms with E-state index in [1.54, 1.807) is 0 Å². The number of rotatable bonds is 4. The Morgan fingerprint density at radius 3 is 2.65 bits per heavy atom. The first kappa shape index (κ1) is 14.8. The summed E-state index contributed by atoms with van der Waals surface area (Å²) in [4.78, 5) is 0. The molecule has 0 amide bonds. The molecule has 3 nitrogen and oxygen atoms in total. The van der Waals surface area contributed by atoms with Crippen LogP contribution in [0.4, 0.5) is 18.3 Å². The fourth-order valence-corrected chi connectivity index (χ4v) is 2.36. The zero-order chi connectivity index (χ0) is 14.8. The minimum atomic E-state index is -4.43. The molecule has 0 fully saturated rings. The van der Waals surface area contributed by atoms with Gasteiger partial charge in [0.05, 0.1) is 0 Å². The van der Waals surface area contributed by atoms with Crippen LogP contribution in [-0.4, -0.2) is 16.7 Å². The maximum atomic E-state index is 12.4. The predicted octanol–water partition coefficient (Wildman–Crippen LogP) is 4.08. The third-order valence-corrected chi connectivity index (χ3v) is 3.76. The van der Waals surface area contributed by atoms with Gasteiger partial charge in [-0.3, -0.25) is 0 Å². The zero-order valence-corrected chi connectivity index (χ0v) is 11.8. The summed E-state index contributed by atoms with van der Waals surface area (Å²) >= 11 is 0.522. The molecule has 20 heavy (non-hydrogen) atoms. The van der Waals surface area contributed by atoms with Crippen LogP contribution < -0.4 is 5.32 Å². The van der Waals surface area contributed by atoms with Crippen molar-refractivity contribution >= 4 is 16.5 Å². The first-order chi connectivity index (χ1) is 9.36. The molecule has 1 N–H and O–H groups in total. The third-order valence-electron chi connectivity index (χ3n) is 2.84. The van der Waals surface area contributed by atoms with Gasteiger partial charge < -0.3 is 5.32 Å². The van der Waals surface area contributed by atoms with E-state index < -0.39 is 11.2 Å². The quantitative estimate of drug-likeness (QED) is 0.924. The molecular formula is C13H14F3N3S. The van der Waals surface area contributed by atoms with Crippen molar-refractivity contribution in [1.82, 2.24) is 10.2 Å². The minimum Gasteiger partial charge on any atom is -0.359 e. The van der Waals surface area contributed by atoms with Gasteiger partial charge >= 0.3 is 6.18 Å². The molecule has 1 unspecified atom stereocenters. The Balaban J connectivity index is 1.97. The molecule has 0 aliphatic rings. The second-order valence-electron chi connectivity index (χ2n) is 4.61. The number of hydrogen-bond acceptors (Lipinski definition) is 4. The van der Waals surface area contributed by atoms with Gasteiger partial charge in [-0.25, -0.2) is 0 Å². The van der Waals surface area contributed by atoms with Crippen LogP contribution in [0.1, 0.15) is 29.0 Å². The van der Waals surface area contributed by atoms with Crippen molar-refractivity contribution < 1.29 is 13.2 Å². The molecule has 2 rings (SSSR count). The number of hydrogen-bond donors (Lipinski definition) is 1. The van der Waals surface area contributed by atoms with Gasteiger partial charge in [0, 0.05) is 6.54 Å². The Kier molecular flexibility index (Phi) is 4.27. The van der Waals surface area contributed by atoms with Crippen LogP contribution >= 0.6 is 11.3 Å². The molecule has 0 radical (unpaired) electrons. The molecule has 0 spiro atoms. The second kappa shape index (κ2) is 5.78. The Morgan fingerprint density at radius 1 is 1.30 bits per heavy atom. The fraction of sp³-hybridized carbons (Fsp3) is 0.385. The number of halogens is 3. The van der Waals surface area contributed by atoms with Crippen LogP contribution in [0.3, 0.4) is 0 Å². The van der Waals surface area contributed by atoms with Gasteiger partial charge in [0.2, 0.25) is 10.1 Å². The summed E-state index contributed by atoms with van der Waals surface area (Å²) < 4.78 is 37.2. The average molecular weight is 301 g/mol. The smallest absolute Gasteiger partial charge is 0.359 e. The molecule has 0 bridgehead atoms. The molecule has 1 atom stereocenters. The van der Waals surface area contributed by atoms with Gasteiger partial charge in [-0.15, -0.1) is 10.2 Å². The van der Waals surface area contributed by atoms with Crippen molar-refractivity contribution in [2.75, 3.05) is 11.9 Å². The van der Waals surface area contributed by atoms with Crippen LogP contribution in [0.2, 0.25) is 0 Å². The van der Waals surface area contributed by atoms with Gasteiger partial charge in [0.25, 0.3) is 0 Å². The summed E-state index contributed by atoms with van der Waals surface area (Å²) in [6, 6.07) is 8.03. The molecular weight excluding hydrogens is 287 g/mol. The highest BCUT2D eigenvalue weighted by Gasteiger charge is 2.35. The van der Waals surface area contributed by atoms with Crippen LogP contribution in [-0.2, 0) is 6.18 Å². The minimum absolute atomic E-state index is 0.174. The summed E-state index contributed by atoms with van der Waals surface area (Å²) in [6.45, 7) is 4.52. The van der Waals surface area contributed by atoms with Crippen molar-refractivity contribution in [2.45, 2.75) is 25.9 Å². The molecule has 0 aliphatic heterocycles. The summed E-state index contributed by atoms with van der Waals surface area (Å²) in [6.07, 6.45) is -4.43. The largest absolute Gasteiger partial charge is 0.445 e. The van der Waals surface area contributed by atoms with E-state index in [1.165, 1.54) is 0 Å². The van der Waals surface area contributed by atoms with E-state index >= 15 is 0 Å². The monoisotopic (exact) mass is 301 g/mol. The van der Waals surface area contributed by atoms with Crippen molar-refractivity contribution in [3.05, 3.63) is 40.4 Å². The highest BCUT2D eigenvalue weighted by atomic mass is 32.1. The van der Waals surface area contributed by atoms with Gasteiger partial charge in [0.1, 0.15) is 0 Å². The predicted molar refractivity (Wildman–Crippen MR) is 73.0 cm³/mol. The number of anilines is 1. The van der Waals surface area contributed by atoms with Crippen LogP contribution in [0.5, 0.6) is 0 Å². The van der Waals surface area contributed by atoms with Crippen LogP contribution in [0.15, 0.2) is 24.3 Å². The van der Waals surface area contributed by atoms with Gasteiger partial charge in [-0.1, -0.05) is 48.1 Å². The van der Waals surface area contributed by atoms with Gasteiger partial charge in [-0.2, -0.15) is 13.2 Å². The highest BCUT2D eigenvalue weighted by molar-refractivity contribution is 7.15. The lowest BCUT2D eigenvalue weighted by Crippen LogP contribution is -2.09. The van der Waals surface area contributed by atoms with E-state index in [1.807, 2.05) is 32.0 Å². The third kappa shape index (κ3) is 3.69. The van der Waals surface area contributed by atoms with E-state index in [2.05, 4.69) is 21.6 Å². The van der Waals surface area contributed by atoms with E-state index in [0.29, 0.717) is 17.9 Å². The highest BCUT2D eigenvalue weighted by Crippen LogP contribution is 2.33. The number of nitrogens with zero attached hydrogens (tertiary/aromatic N) is 2. The van der Waals surface area contributed by atoms with E-state index in [-0.39, 0.29) is 11.0 Å². The lowest BCUT2D eigenvalue weighted by atomic mass is 9.99.